The Bertz CT molecular complexity index is 592. The zero-order valence-electron chi connectivity index (χ0n) is 13.6. The van der Waals surface area contributed by atoms with Gasteiger partial charge < -0.3 is 14.6 Å². The first-order chi connectivity index (χ1) is 10.4. The van der Waals surface area contributed by atoms with E-state index in [9.17, 15) is 14.4 Å². The molecule has 1 amide bonds. The summed E-state index contributed by atoms with van der Waals surface area (Å²) in [6.07, 6.45) is 3.17. The lowest BCUT2D eigenvalue weighted by molar-refractivity contribution is -0.140. The first kappa shape index (κ1) is 17.9. The van der Waals surface area contributed by atoms with Gasteiger partial charge in [0.05, 0.1) is 13.5 Å². The quantitative estimate of drug-likeness (QED) is 0.774. The summed E-state index contributed by atoms with van der Waals surface area (Å²) in [5, 5.41) is 2.69. The van der Waals surface area contributed by atoms with Gasteiger partial charge in [0.1, 0.15) is 6.04 Å². The average molecular weight is 308 g/mol. The highest BCUT2D eigenvalue weighted by Crippen LogP contribution is 2.14. The number of aryl methyl sites for hydroxylation is 2. The zero-order valence-corrected chi connectivity index (χ0v) is 13.6. The van der Waals surface area contributed by atoms with E-state index < -0.39 is 6.04 Å². The molecule has 6 heteroatoms. The smallest absolute Gasteiger partial charge is 0.307 e. The van der Waals surface area contributed by atoms with E-state index >= 15 is 0 Å². The van der Waals surface area contributed by atoms with E-state index in [0.717, 1.165) is 17.5 Å². The molecule has 0 aliphatic rings. The van der Waals surface area contributed by atoms with Crippen LogP contribution in [0.1, 0.15) is 43.4 Å². The van der Waals surface area contributed by atoms with Crippen LogP contribution in [0.3, 0.4) is 0 Å². The predicted molar refractivity (Wildman–Crippen MR) is 83.8 cm³/mol. The van der Waals surface area contributed by atoms with Gasteiger partial charge in [-0.2, -0.15) is 0 Å². The maximum atomic E-state index is 12.3. The van der Waals surface area contributed by atoms with Crippen molar-refractivity contribution in [1.82, 2.24) is 9.88 Å². The van der Waals surface area contributed by atoms with Crippen LogP contribution in [0.25, 0.3) is 0 Å². The van der Waals surface area contributed by atoms with Gasteiger partial charge in [0.15, 0.2) is 0 Å². The monoisotopic (exact) mass is 308 g/mol. The van der Waals surface area contributed by atoms with Gasteiger partial charge in [0.25, 0.3) is 5.56 Å². The minimum atomic E-state index is -0.561. The molecule has 6 nitrogen and oxygen atoms in total. The summed E-state index contributed by atoms with van der Waals surface area (Å²) in [5.74, 6) is -0.633. The molecule has 1 N–H and O–H groups in total. The second-order valence-electron chi connectivity index (χ2n) is 5.31. The summed E-state index contributed by atoms with van der Waals surface area (Å²) in [4.78, 5) is 35.5. The summed E-state index contributed by atoms with van der Waals surface area (Å²) in [6.45, 7) is 5.93. The first-order valence-electron chi connectivity index (χ1n) is 7.44. The molecule has 0 saturated carbocycles. The van der Waals surface area contributed by atoms with Crippen LogP contribution in [0.4, 0.5) is 0 Å². The van der Waals surface area contributed by atoms with Crippen molar-refractivity contribution in [3.8, 4) is 0 Å². The van der Waals surface area contributed by atoms with E-state index in [1.807, 2.05) is 20.8 Å². The number of amides is 1. The third kappa shape index (κ3) is 4.72. The van der Waals surface area contributed by atoms with E-state index in [1.54, 1.807) is 12.3 Å². The van der Waals surface area contributed by atoms with Gasteiger partial charge in [-0.25, -0.2) is 0 Å². The number of aromatic nitrogens is 1. The second kappa shape index (κ2) is 8.36. The van der Waals surface area contributed by atoms with Crippen LogP contribution in [0.2, 0.25) is 0 Å². The standard InChI is InChI=1S/C16H24N2O4/c1-5-6-13(16(21)17-8-7-15(20)22-4)18-10-12(3)11(2)9-14(18)19/h9-10,13H,5-8H2,1-4H3,(H,17,21). The minimum absolute atomic E-state index is 0.114. The van der Waals surface area contributed by atoms with Crippen LogP contribution in [-0.2, 0) is 14.3 Å². The predicted octanol–water partition coefficient (Wildman–Crippen LogP) is 1.49. The van der Waals surface area contributed by atoms with Crippen LogP contribution in [0, 0.1) is 13.8 Å². The Morgan fingerprint density at radius 1 is 1.32 bits per heavy atom. The minimum Gasteiger partial charge on any atom is -0.469 e. The molecule has 1 rings (SSSR count). The van der Waals surface area contributed by atoms with Crippen molar-refractivity contribution >= 4 is 11.9 Å². The highest BCUT2D eigenvalue weighted by Gasteiger charge is 2.21. The van der Waals surface area contributed by atoms with Crippen LogP contribution >= 0.6 is 0 Å². The van der Waals surface area contributed by atoms with E-state index in [-0.39, 0.29) is 30.4 Å². The Morgan fingerprint density at radius 2 is 2.00 bits per heavy atom. The number of carbonyl (C=O) groups is 2. The Kier molecular flexibility index (Phi) is 6.82. The molecule has 1 unspecified atom stereocenters. The van der Waals surface area contributed by atoms with Crippen molar-refractivity contribution in [2.24, 2.45) is 0 Å². The number of carbonyl (C=O) groups excluding carboxylic acids is 2. The number of esters is 1. The Balaban J connectivity index is 2.89. The van der Waals surface area contributed by atoms with Crippen LogP contribution in [-0.4, -0.2) is 30.1 Å². The summed E-state index contributed by atoms with van der Waals surface area (Å²) >= 11 is 0. The van der Waals surface area contributed by atoms with Crippen molar-refractivity contribution in [3.05, 3.63) is 33.7 Å². The number of methoxy groups -OCH3 is 1. The molecule has 0 aliphatic heterocycles. The highest BCUT2D eigenvalue weighted by molar-refractivity contribution is 5.81. The van der Waals surface area contributed by atoms with Crippen molar-refractivity contribution in [2.45, 2.75) is 46.1 Å². The van der Waals surface area contributed by atoms with Gasteiger partial charge in [-0.1, -0.05) is 13.3 Å². The second-order valence-corrected chi connectivity index (χ2v) is 5.31. The fourth-order valence-corrected chi connectivity index (χ4v) is 2.17. The highest BCUT2D eigenvalue weighted by atomic mass is 16.5. The summed E-state index contributed by atoms with van der Waals surface area (Å²) in [6, 6.07) is 0.981. The maximum Gasteiger partial charge on any atom is 0.307 e. The molecule has 0 spiro atoms. The number of ether oxygens (including phenoxy) is 1. The van der Waals surface area contributed by atoms with Crippen molar-refractivity contribution in [1.29, 1.82) is 0 Å². The van der Waals surface area contributed by atoms with E-state index in [0.29, 0.717) is 6.42 Å². The lowest BCUT2D eigenvalue weighted by Gasteiger charge is -2.20. The number of hydrogen-bond acceptors (Lipinski definition) is 4. The molecule has 1 aromatic heterocycles. The molecular weight excluding hydrogens is 284 g/mol. The normalized spacial score (nSPS) is 11.8. The molecule has 0 aromatic carbocycles. The van der Waals surface area contributed by atoms with Gasteiger partial charge in [-0.3, -0.25) is 14.4 Å². The van der Waals surface area contributed by atoms with Crippen molar-refractivity contribution in [2.75, 3.05) is 13.7 Å². The van der Waals surface area contributed by atoms with Gasteiger partial charge in [-0.05, 0) is 31.4 Å². The molecular formula is C16H24N2O4. The van der Waals surface area contributed by atoms with Gasteiger partial charge in [-0.15, -0.1) is 0 Å². The summed E-state index contributed by atoms with van der Waals surface area (Å²) < 4.78 is 6.00. The fraction of sp³-hybridized carbons (Fsp3) is 0.562. The lowest BCUT2D eigenvalue weighted by Crippen LogP contribution is -2.38. The average Bonchev–Trinajstić information content (AvgIpc) is 2.48. The lowest BCUT2D eigenvalue weighted by atomic mass is 10.1. The van der Waals surface area contributed by atoms with Crippen molar-refractivity contribution in [3.63, 3.8) is 0 Å². The zero-order chi connectivity index (χ0) is 16.7. The Labute approximate surface area is 130 Å². The third-order valence-electron chi connectivity index (χ3n) is 3.61. The van der Waals surface area contributed by atoms with E-state index in [4.69, 9.17) is 0 Å². The number of nitrogens with zero attached hydrogens (tertiary/aromatic N) is 1. The van der Waals surface area contributed by atoms with Crippen LogP contribution in [0.5, 0.6) is 0 Å². The molecule has 0 bridgehead atoms. The van der Waals surface area contributed by atoms with E-state index in [1.165, 1.54) is 11.7 Å². The largest absolute Gasteiger partial charge is 0.469 e. The first-order valence-corrected chi connectivity index (χ1v) is 7.44. The maximum absolute atomic E-state index is 12.3. The molecule has 0 saturated heterocycles. The number of hydrogen-bond donors (Lipinski definition) is 1. The van der Waals surface area contributed by atoms with Crippen molar-refractivity contribution < 1.29 is 14.3 Å². The summed E-state index contributed by atoms with van der Waals surface area (Å²) in [7, 11) is 1.30. The molecule has 0 fully saturated rings. The number of rotatable bonds is 7. The SMILES string of the molecule is CCCC(C(=O)NCCC(=O)OC)n1cc(C)c(C)cc1=O. The van der Waals surface area contributed by atoms with Gasteiger partial charge in [0.2, 0.25) is 5.91 Å². The molecule has 0 aliphatic carbocycles. The number of nitrogens with one attached hydrogen (secondary N) is 1. The molecule has 22 heavy (non-hydrogen) atoms. The third-order valence-corrected chi connectivity index (χ3v) is 3.61. The summed E-state index contributed by atoms with van der Waals surface area (Å²) in [5.41, 5.74) is 1.68. The molecule has 1 atom stereocenters. The molecule has 1 aromatic rings. The topological polar surface area (TPSA) is 77.4 Å². The van der Waals surface area contributed by atoms with Gasteiger partial charge >= 0.3 is 5.97 Å². The van der Waals surface area contributed by atoms with Crippen LogP contribution in [0.15, 0.2) is 17.1 Å². The fourth-order valence-electron chi connectivity index (χ4n) is 2.17. The van der Waals surface area contributed by atoms with Gasteiger partial charge in [0, 0.05) is 18.8 Å². The Hall–Kier alpha value is -2.11. The molecule has 122 valence electrons. The molecule has 0 radical (unpaired) electrons. The van der Waals surface area contributed by atoms with E-state index in [2.05, 4.69) is 10.1 Å². The molecule has 1 heterocycles. The number of pyridine rings is 1. The Morgan fingerprint density at radius 3 is 2.59 bits per heavy atom. The van der Waals surface area contributed by atoms with Crippen LogP contribution < -0.4 is 10.9 Å².